The Morgan fingerprint density at radius 3 is 2.68 bits per heavy atom. The van der Waals surface area contributed by atoms with E-state index in [9.17, 15) is 4.79 Å². The van der Waals surface area contributed by atoms with Crippen molar-refractivity contribution in [3.05, 3.63) is 0 Å². The third kappa shape index (κ3) is 3.26. The van der Waals surface area contributed by atoms with Crippen LogP contribution in [0, 0.1) is 11.8 Å². The fourth-order valence-corrected chi connectivity index (χ4v) is 3.83. The molecule has 0 spiro atoms. The van der Waals surface area contributed by atoms with E-state index in [1.807, 2.05) is 13.8 Å². The van der Waals surface area contributed by atoms with Crippen LogP contribution in [0.25, 0.3) is 0 Å². The van der Waals surface area contributed by atoms with Gasteiger partial charge in [0.2, 0.25) is 5.91 Å². The molecule has 0 bridgehead atoms. The standard InChI is InChI=1S/C14H25N3OS/c1-9(2)12(13(15)19)14(18)16-10-6-8-17-7-4-3-5-11(10)17/h9-12H,3-8H2,1-2H3,(H2,15,19)(H,16,18). The lowest BCUT2D eigenvalue weighted by Crippen LogP contribution is -2.50. The molecule has 2 saturated heterocycles. The lowest BCUT2D eigenvalue weighted by molar-refractivity contribution is -0.124. The second-order valence-corrected chi connectivity index (χ2v) is 6.60. The monoisotopic (exact) mass is 283 g/mol. The van der Waals surface area contributed by atoms with Gasteiger partial charge in [-0.05, 0) is 31.7 Å². The fourth-order valence-electron chi connectivity index (χ4n) is 3.45. The molecule has 3 N–H and O–H groups in total. The van der Waals surface area contributed by atoms with E-state index in [1.165, 1.54) is 25.8 Å². The van der Waals surface area contributed by atoms with Gasteiger partial charge in [0.15, 0.2) is 0 Å². The average molecular weight is 283 g/mol. The van der Waals surface area contributed by atoms with Crippen LogP contribution in [0.1, 0.15) is 39.5 Å². The molecule has 1 amide bonds. The van der Waals surface area contributed by atoms with E-state index in [1.54, 1.807) is 0 Å². The van der Waals surface area contributed by atoms with E-state index < -0.39 is 0 Å². The number of hydrogen-bond acceptors (Lipinski definition) is 3. The number of amides is 1. The SMILES string of the molecule is CC(C)C(C(=O)NC1CCN2CCCCC12)C(N)=S. The quantitative estimate of drug-likeness (QED) is 0.763. The minimum absolute atomic E-state index is 0.0138. The average Bonchev–Trinajstić information content (AvgIpc) is 2.72. The molecular weight excluding hydrogens is 258 g/mol. The first-order valence-corrected chi connectivity index (χ1v) is 7.75. The molecule has 2 fully saturated rings. The highest BCUT2D eigenvalue weighted by atomic mass is 32.1. The number of piperidine rings is 1. The summed E-state index contributed by atoms with van der Waals surface area (Å²) in [5, 5.41) is 3.19. The summed E-state index contributed by atoms with van der Waals surface area (Å²) in [5.41, 5.74) is 5.70. The first kappa shape index (κ1) is 14.7. The van der Waals surface area contributed by atoms with Gasteiger partial charge in [-0.3, -0.25) is 9.69 Å². The Labute approximate surface area is 121 Å². The maximum Gasteiger partial charge on any atom is 0.230 e. The van der Waals surface area contributed by atoms with E-state index in [0.717, 1.165) is 13.0 Å². The van der Waals surface area contributed by atoms with Crippen LogP contribution in [0.15, 0.2) is 0 Å². The molecule has 3 unspecified atom stereocenters. The van der Waals surface area contributed by atoms with Gasteiger partial charge in [-0.25, -0.2) is 0 Å². The molecule has 3 atom stereocenters. The zero-order chi connectivity index (χ0) is 14.0. The summed E-state index contributed by atoms with van der Waals surface area (Å²) < 4.78 is 0. The van der Waals surface area contributed by atoms with Crippen molar-refractivity contribution in [2.75, 3.05) is 13.1 Å². The number of carbonyl (C=O) groups excluding carboxylic acids is 1. The van der Waals surface area contributed by atoms with Crippen molar-refractivity contribution in [3.8, 4) is 0 Å². The molecule has 19 heavy (non-hydrogen) atoms. The van der Waals surface area contributed by atoms with Gasteiger partial charge >= 0.3 is 0 Å². The number of thiocarbonyl (C=S) groups is 1. The van der Waals surface area contributed by atoms with Gasteiger partial charge < -0.3 is 11.1 Å². The minimum Gasteiger partial charge on any atom is -0.393 e. The highest BCUT2D eigenvalue weighted by molar-refractivity contribution is 7.80. The van der Waals surface area contributed by atoms with Crippen molar-refractivity contribution < 1.29 is 4.79 Å². The number of nitrogens with zero attached hydrogens (tertiary/aromatic N) is 1. The van der Waals surface area contributed by atoms with Crippen molar-refractivity contribution in [1.29, 1.82) is 0 Å². The van der Waals surface area contributed by atoms with Crippen LogP contribution in [0.3, 0.4) is 0 Å². The number of rotatable bonds is 4. The summed E-state index contributed by atoms with van der Waals surface area (Å²) in [5.74, 6) is -0.172. The van der Waals surface area contributed by atoms with Crippen LogP contribution in [-0.2, 0) is 4.79 Å². The Hall–Kier alpha value is -0.680. The smallest absolute Gasteiger partial charge is 0.230 e. The van der Waals surface area contributed by atoms with Gasteiger partial charge in [-0.2, -0.15) is 0 Å². The Morgan fingerprint density at radius 2 is 2.05 bits per heavy atom. The lowest BCUT2D eigenvalue weighted by Gasteiger charge is -2.33. The summed E-state index contributed by atoms with van der Waals surface area (Å²) in [6.45, 7) is 6.27. The molecule has 4 nitrogen and oxygen atoms in total. The van der Waals surface area contributed by atoms with Crippen molar-refractivity contribution >= 4 is 23.1 Å². The summed E-state index contributed by atoms with van der Waals surface area (Å²) in [6.07, 6.45) is 4.82. The molecular formula is C14H25N3OS. The number of nitrogens with one attached hydrogen (secondary N) is 1. The van der Waals surface area contributed by atoms with E-state index in [0.29, 0.717) is 11.0 Å². The Kier molecular flexibility index (Phi) is 4.79. The predicted molar refractivity (Wildman–Crippen MR) is 80.9 cm³/mol. The maximum absolute atomic E-state index is 12.4. The van der Waals surface area contributed by atoms with Gasteiger partial charge in [0.25, 0.3) is 0 Å². The first-order chi connectivity index (χ1) is 9.00. The number of nitrogens with two attached hydrogens (primary N) is 1. The fraction of sp³-hybridized carbons (Fsp3) is 0.857. The first-order valence-electron chi connectivity index (χ1n) is 7.34. The molecule has 0 aromatic carbocycles. The van der Waals surface area contributed by atoms with Gasteiger partial charge in [-0.1, -0.05) is 32.5 Å². The summed E-state index contributed by atoms with van der Waals surface area (Å²) in [4.78, 5) is 15.2. The summed E-state index contributed by atoms with van der Waals surface area (Å²) in [7, 11) is 0. The van der Waals surface area contributed by atoms with E-state index in [2.05, 4.69) is 10.2 Å². The molecule has 0 aromatic rings. The molecule has 0 saturated carbocycles. The third-order valence-corrected chi connectivity index (χ3v) is 4.69. The van der Waals surface area contributed by atoms with Gasteiger partial charge in [0.1, 0.15) is 0 Å². The molecule has 2 rings (SSSR count). The molecule has 0 radical (unpaired) electrons. The van der Waals surface area contributed by atoms with Crippen molar-refractivity contribution in [3.63, 3.8) is 0 Å². The predicted octanol–water partition coefficient (Wildman–Crippen LogP) is 1.29. The van der Waals surface area contributed by atoms with Crippen LogP contribution in [0.5, 0.6) is 0 Å². The van der Waals surface area contributed by atoms with Crippen LogP contribution in [0.4, 0.5) is 0 Å². The third-order valence-electron chi connectivity index (χ3n) is 4.44. The van der Waals surface area contributed by atoms with Crippen molar-refractivity contribution in [1.82, 2.24) is 10.2 Å². The summed E-state index contributed by atoms with van der Waals surface area (Å²) >= 11 is 5.03. The van der Waals surface area contributed by atoms with Crippen molar-refractivity contribution in [2.24, 2.45) is 17.6 Å². The molecule has 0 aliphatic carbocycles. The molecule has 108 valence electrons. The second kappa shape index (κ2) is 6.18. The molecule has 0 aromatic heterocycles. The normalized spacial score (nSPS) is 29.0. The van der Waals surface area contributed by atoms with Gasteiger partial charge in [0, 0.05) is 18.6 Å². The molecule has 2 heterocycles. The van der Waals surface area contributed by atoms with Crippen LogP contribution < -0.4 is 11.1 Å². The molecule has 2 aliphatic heterocycles. The lowest BCUT2D eigenvalue weighted by atomic mass is 9.93. The second-order valence-electron chi connectivity index (χ2n) is 6.13. The largest absolute Gasteiger partial charge is 0.393 e. The molecule has 2 aliphatic rings. The minimum atomic E-state index is -0.340. The van der Waals surface area contributed by atoms with Crippen LogP contribution in [-0.4, -0.2) is 41.0 Å². The zero-order valence-electron chi connectivity index (χ0n) is 11.9. The zero-order valence-corrected chi connectivity index (χ0v) is 12.7. The maximum atomic E-state index is 12.4. The number of fused-ring (bicyclic) bond motifs is 1. The highest BCUT2D eigenvalue weighted by Gasteiger charge is 2.37. The topological polar surface area (TPSA) is 58.4 Å². The Morgan fingerprint density at radius 1 is 1.32 bits per heavy atom. The number of hydrogen-bond donors (Lipinski definition) is 2. The highest BCUT2D eigenvalue weighted by Crippen LogP contribution is 2.27. The number of carbonyl (C=O) groups is 1. The Balaban J connectivity index is 1.96. The van der Waals surface area contributed by atoms with E-state index >= 15 is 0 Å². The van der Waals surface area contributed by atoms with Crippen molar-refractivity contribution in [2.45, 2.75) is 51.6 Å². The Bertz CT molecular complexity index is 359. The molecule has 5 heteroatoms. The van der Waals surface area contributed by atoms with Gasteiger partial charge in [-0.15, -0.1) is 0 Å². The van der Waals surface area contributed by atoms with Crippen LogP contribution in [0.2, 0.25) is 0 Å². The van der Waals surface area contributed by atoms with E-state index in [-0.39, 0.29) is 23.8 Å². The van der Waals surface area contributed by atoms with E-state index in [4.69, 9.17) is 18.0 Å². The van der Waals surface area contributed by atoms with Crippen LogP contribution >= 0.6 is 12.2 Å². The van der Waals surface area contributed by atoms with Gasteiger partial charge in [0.05, 0.1) is 10.9 Å². The summed E-state index contributed by atoms with van der Waals surface area (Å²) in [6, 6.07) is 0.806.